The largest absolute Gasteiger partial charge is 0.492 e. The second kappa shape index (κ2) is 5.14. The first-order valence-electron chi connectivity index (χ1n) is 7.34. The van der Waals surface area contributed by atoms with Crippen molar-refractivity contribution in [3.63, 3.8) is 0 Å². The van der Waals surface area contributed by atoms with E-state index in [0.29, 0.717) is 0 Å². The van der Waals surface area contributed by atoms with E-state index in [4.69, 9.17) is 4.74 Å². The monoisotopic (exact) mass is 260 g/mol. The highest BCUT2D eigenvalue weighted by molar-refractivity contribution is 5.37. The van der Waals surface area contributed by atoms with Crippen LogP contribution < -0.4 is 10.1 Å². The Morgan fingerprint density at radius 3 is 2.95 bits per heavy atom. The van der Waals surface area contributed by atoms with Crippen LogP contribution in [0.1, 0.15) is 37.3 Å². The van der Waals surface area contributed by atoms with Crippen molar-refractivity contribution in [3.05, 3.63) is 29.3 Å². The average molecular weight is 260 g/mol. The summed E-state index contributed by atoms with van der Waals surface area (Å²) in [6.45, 7) is 6.27. The first-order chi connectivity index (χ1) is 9.17. The predicted octanol–water partition coefficient (Wildman–Crippen LogP) is 2.54. The molecule has 0 radical (unpaired) electrons. The van der Waals surface area contributed by atoms with Crippen molar-refractivity contribution in [3.8, 4) is 5.75 Å². The molecule has 3 nitrogen and oxygen atoms in total. The van der Waals surface area contributed by atoms with Gasteiger partial charge in [-0.2, -0.15) is 0 Å². The van der Waals surface area contributed by atoms with Gasteiger partial charge in [-0.25, -0.2) is 0 Å². The van der Waals surface area contributed by atoms with Crippen LogP contribution >= 0.6 is 0 Å². The molecule has 3 rings (SSSR count). The predicted molar refractivity (Wildman–Crippen MR) is 77.4 cm³/mol. The molecule has 0 bridgehead atoms. The fourth-order valence-electron chi connectivity index (χ4n) is 3.10. The maximum Gasteiger partial charge on any atom is 0.119 e. The van der Waals surface area contributed by atoms with E-state index in [1.807, 2.05) is 0 Å². The zero-order valence-corrected chi connectivity index (χ0v) is 12.0. The van der Waals surface area contributed by atoms with Crippen molar-refractivity contribution in [1.29, 1.82) is 0 Å². The first kappa shape index (κ1) is 12.9. The van der Waals surface area contributed by atoms with Gasteiger partial charge in [-0.3, -0.25) is 4.90 Å². The van der Waals surface area contributed by atoms with E-state index in [-0.39, 0.29) is 5.54 Å². The molecule has 0 aliphatic carbocycles. The number of likely N-dealkylation sites (tertiary alicyclic amines) is 1. The molecular weight excluding hydrogens is 236 g/mol. The number of hydrogen-bond donors (Lipinski definition) is 1. The van der Waals surface area contributed by atoms with Crippen LogP contribution in [-0.4, -0.2) is 30.6 Å². The summed E-state index contributed by atoms with van der Waals surface area (Å²) in [4.78, 5) is 2.45. The van der Waals surface area contributed by atoms with Crippen LogP contribution in [0.25, 0.3) is 0 Å². The van der Waals surface area contributed by atoms with Crippen LogP contribution in [0.4, 0.5) is 0 Å². The summed E-state index contributed by atoms with van der Waals surface area (Å²) in [7, 11) is 2.22. The molecule has 1 N–H and O–H groups in total. The molecule has 1 atom stereocenters. The smallest absolute Gasteiger partial charge is 0.119 e. The molecule has 1 fully saturated rings. The summed E-state index contributed by atoms with van der Waals surface area (Å²) in [5.74, 6) is 1.02. The Bertz CT molecular complexity index is 460. The second-order valence-electron chi connectivity index (χ2n) is 6.20. The molecule has 1 saturated heterocycles. The number of nitrogens with one attached hydrogen (secondary N) is 1. The Morgan fingerprint density at radius 2 is 2.11 bits per heavy atom. The lowest BCUT2D eigenvalue weighted by atomic mass is 9.90. The molecule has 104 valence electrons. The Hall–Kier alpha value is -1.06. The van der Waals surface area contributed by atoms with Gasteiger partial charge in [0.05, 0.1) is 5.54 Å². The van der Waals surface area contributed by atoms with E-state index in [1.54, 1.807) is 0 Å². The Labute approximate surface area is 115 Å². The third-order valence-corrected chi connectivity index (χ3v) is 4.74. The van der Waals surface area contributed by atoms with E-state index < -0.39 is 0 Å². The minimum absolute atomic E-state index is 0.190. The zero-order valence-electron chi connectivity index (χ0n) is 12.0. The normalized spacial score (nSPS) is 27.3. The highest BCUT2D eigenvalue weighted by Crippen LogP contribution is 2.28. The van der Waals surface area contributed by atoms with E-state index in [2.05, 4.69) is 42.4 Å². The quantitative estimate of drug-likeness (QED) is 0.904. The lowest BCUT2D eigenvalue weighted by molar-refractivity contribution is 0.0420. The molecule has 0 aromatic heterocycles. The van der Waals surface area contributed by atoms with Crippen LogP contribution in [-0.2, 0) is 13.1 Å². The summed E-state index contributed by atoms with van der Waals surface area (Å²) in [6, 6.07) is 6.50. The van der Waals surface area contributed by atoms with Crippen molar-refractivity contribution in [1.82, 2.24) is 10.2 Å². The topological polar surface area (TPSA) is 24.5 Å². The molecule has 0 amide bonds. The molecule has 2 aliphatic rings. The van der Waals surface area contributed by atoms with Gasteiger partial charge in [-0.05, 0) is 56.6 Å². The first-order valence-corrected chi connectivity index (χ1v) is 7.34. The maximum atomic E-state index is 6.07. The minimum Gasteiger partial charge on any atom is -0.492 e. The fraction of sp³-hybridized carbons (Fsp3) is 0.625. The molecule has 2 heterocycles. The van der Waals surface area contributed by atoms with Crippen molar-refractivity contribution < 1.29 is 4.74 Å². The van der Waals surface area contributed by atoms with Gasteiger partial charge in [0.1, 0.15) is 12.4 Å². The van der Waals surface area contributed by atoms with Crippen molar-refractivity contribution in [2.75, 3.05) is 20.2 Å². The van der Waals surface area contributed by atoms with E-state index in [0.717, 1.165) is 25.4 Å². The van der Waals surface area contributed by atoms with Crippen LogP contribution in [0.3, 0.4) is 0 Å². The Balaban J connectivity index is 1.65. The third kappa shape index (κ3) is 2.63. The third-order valence-electron chi connectivity index (χ3n) is 4.74. The molecule has 1 unspecified atom stereocenters. The van der Waals surface area contributed by atoms with Gasteiger partial charge in [0.15, 0.2) is 0 Å². The van der Waals surface area contributed by atoms with Crippen LogP contribution in [0.2, 0.25) is 0 Å². The van der Waals surface area contributed by atoms with E-state index >= 15 is 0 Å². The highest BCUT2D eigenvalue weighted by Gasteiger charge is 2.32. The van der Waals surface area contributed by atoms with Gasteiger partial charge in [0, 0.05) is 13.1 Å². The highest BCUT2D eigenvalue weighted by atomic mass is 16.5. The van der Waals surface area contributed by atoms with Gasteiger partial charge in [0.25, 0.3) is 0 Å². The van der Waals surface area contributed by atoms with Gasteiger partial charge >= 0.3 is 0 Å². The van der Waals surface area contributed by atoms with Gasteiger partial charge in [0.2, 0.25) is 0 Å². The summed E-state index contributed by atoms with van der Waals surface area (Å²) >= 11 is 0. The number of nitrogens with zero attached hydrogens (tertiary/aromatic N) is 1. The summed E-state index contributed by atoms with van der Waals surface area (Å²) in [6.07, 6.45) is 3.87. The fourth-order valence-corrected chi connectivity index (χ4v) is 3.10. The molecular formula is C16H24N2O. The van der Waals surface area contributed by atoms with Gasteiger partial charge in [-0.15, -0.1) is 0 Å². The molecule has 1 aromatic carbocycles. The number of hydrogen-bond acceptors (Lipinski definition) is 3. The molecule has 1 aromatic rings. The minimum atomic E-state index is 0.190. The number of ether oxygens (including phenoxy) is 1. The maximum absolute atomic E-state index is 6.07. The lowest BCUT2D eigenvalue weighted by Crippen LogP contribution is -2.51. The van der Waals surface area contributed by atoms with E-state index in [9.17, 15) is 0 Å². The van der Waals surface area contributed by atoms with Crippen LogP contribution in [0, 0.1) is 0 Å². The summed E-state index contributed by atoms with van der Waals surface area (Å²) < 4.78 is 6.07. The van der Waals surface area contributed by atoms with Crippen molar-refractivity contribution in [2.24, 2.45) is 0 Å². The standard InChI is InChI=1S/C16H24N2O/c1-16(7-3-4-8-18(16)2)12-19-15-6-5-13-10-17-11-14(13)9-15/h5-6,9,17H,3-4,7-8,10-12H2,1-2H3. The van der Waals surface area contributed by atoms with Gasteiger partial charge < -0.3 is 10.1 Å². The summed E-state index contributed by atoms with van der Waals surface area (Å²) in [5.41, 5.74) is 2.99. The molecule has 0 spiro atoms. The Morgan fingerprint density at radius 1 is 1.26 bits per heavy atom. The number of likely N-dealkylation sites (N-methyl/N-ethyl adjacent to an activating group) is 1. The van der Waals surface area contributed by atoms with Gasteiger partial charge in [-0.1, -0.05) is 12.5 Å². The van der Waals surface area contributed by atoms with Crippen molar-refractivity contribution >= 4 is 0 Å². The lowest BCUT2D eigenvalue weighted by Gasteiger charge is -2.42. The molecule has 2 aliphatic heterocycles. The van der Waals surface area contributed by atoms with E-state index in [1.165, 1.54) is 36.9 Å². The molecule has 0 saturated carbocycles. The second-order valence-corrected chi connectivity index (χ2v) is 6.20. The Kier molecular flexibility index (Phi) is 3.50. The van der Waals surface area contributed by atoms with Crippen LogP contribution in [0.5, 0.6) is 5.75 Å². The average Bonchev–Trinajstić information content (AvgIpc) is 2.88. The van der Waals surface area contributed by atoms with Crippen molar-refractivity contribution in [2.45, 2.75) is 44.8 Å². The number of rotatable bonds is 3. The zero-order chi connectivity index (χ0) is 13.3. The number of piperidine rings is 1. The number of benzene rings is 1. The summed E-state index contributed by atoms with van der Waals surface area (Å²) in [5, 5.41) is 3.37. The molecule has 3 heteroatoms. The SMILES string of the molecule is CN1CCCCC1(C)COc1ccc2c(c1)CNC2. The van der Waals surface area contributed by atoms with Crippen LogP contribution in [0.15, 0.2) is 18.2 Å². The molecule has 19 heavy (non-hydrogen) atoms. The number of fused-ring (bicyclic) bond motifs is 1.